The monoisotopic (exact) mass is 363 g/mol. The maximum absolute atomic E-state index is 12.5. The SMILES string of the molecule is O=C(Nc1ccc2c(c1)C(=O)NCC2)c1ccc(CN2CCCC2=O)cc1. The van der Waals surface area contributed by atoms with Gasteiger partial charge in [-0.25, -0.2) is 0 Å². The number of anilines is 1. The van der Waals surface area contributed by atoms with Gasteiger partial charge in [0, 0.05) is 42.9 Å². The molecule has 138 valence electrons. The number of fused-ring (bicyclic) bond motifs is 1. The predicted octanol–water partition coefficient (Wildman–Crippen LogP) is 2.35. The van der Waals surface area contributed by atoms with Crippen molar-refractivity contribution in [3.05, 3.63) is 64.7 Å². The van der Waals surface area contributed by atoms with Gasteiger partial charge in [-0.2, -0.15) is 0 Å². The van der Waals surface area contributed by atoms with Crippen LogP contribution >= 0.6 is 0 Å². The number of carbonyl (C=O) groups excluding carboxylic acids is 3. The molecule has 2 heterocycles. The van der Waals surface area contributed by atoms with Crippen molar-refractivity contribution in [3.8, 4) is 0 Å². The summed E-state index contributed by atoms with van der Waals surface area (Å²) >= 11 is 0. The Morgan fingerprint density at radius 3 is 2.63 bits per heavy atom. The summed E-state index contributed by atoms with van der Waals surface area (Å²) < 4.78 is 0. The van der Waals surface area contributed by atoms with Gasteiger partial charge in [-0.15, -0.1) is 0 Å². The fourth-order valence-electron chi connectivity index (χ4n) is 3.55. The first-order valence-corrected chi connectivity index (χ1v) is 9.19. The normalized spacial score (nSPS) is 16.1. The first-order chi connectivity index (χ1) is 13.1. The minimum atomic E-state index is -0.227. The minimum Gasteiger partial charge on any atom is -0.352 e. The number of likely N-dealkylation sites (tertiary alicyclic amines) is 1. The second-order valence-corrected chi connectivity index (χ2v) is 6.95. The van der Waals surface area contributed by atoms with E-state index in [1.807, 2.05) is 29.2 Å². The van der Waals surface area contributed by atoms with Gasteiger partial charge in [0.25, 0.3) is 11.8 Å². The molecule has 0 bridgehead atoms. The van der Waals surface area contributed by atoms with Crippen molar-refractivity contribution in [3.63, 3.8) is 0 Å². The lowest BCUT2D eigenvalue weighted by Gasteiger charge is -2.17. The first kappa shape index (κ1) is 17.3. The zero-order valence-corrected chi connectivity index (χ0v) is 15.0. The quantitative estimate of drug-likeness (QED) is 0.875. The Hall–Kier alpha value is -3.15. The smallest absolute Gasteiger partial charge is 0.255 e. The molecule has 0 radical (unpaired) electrons. The second kappa shape index (κ2) is 7.23. The van der Waals surface area contributed by atoms with Crippen LogP contribution in [0.5, 0.6) is 0 Å². The second-order valence-electron chi connectivity index (χ2n) is 6.95. The van der Waals surface area contributed by atoms with Crippen molar-refractivity contribution < 1.29 is 14.4 Å². The molecule has 0 saturated carbocycles. The Balaban J connectivity index is 1.43. The third-order valence-corrected chi connectivity index (χ3v) is 5.05. The summed E-state index contributed by atoms with van der Waals surface area (Å²) in [4.78, 5) is 38.0. The van der Waals surface area contributed by atoms with Crippen molar-refractivity contribution >= 4 is 23.4 Å². The largest absolute Gasteiger partial charge is 0.352 e. The van der Waals surface area contributed by atoms with Gasteiger partial charge in [-0.1, -0.05) is 18.2 Å². The maximum atomic E-state index is 12.5. The van der Waals surface area contributed by atoms with Gasteiger partial charge < -0.3 is 15.5 Å². The molecule has 0 unspecified atom stereocenters. The Bertz CT molecular complexity index is 905. The Morgan fingerprint density at radius 1 is 1.07 bits per heavy atom. The summed E-state index contributed by atoms with van der Waals surface area (Å²) in [5.41, 5.74) is 3.76. The molecule has 2 aliphatic rings. The Labute approximate surface area is 157 Å². The Kier molecular flexibility index (Phi) is 4.62. The third kappa shape index (κ3) is 3.69. The molecule has 1 saturated heterocycles. The highest BCUT2D eigenvalue weighted by molar-refractivity contribution is 6.05. The molecule has 2 aromatic carbocycles. The van der Waals surface area contributed by atoms with Gasteiger partial charge in [-0.05, 0) is 48.2 Å². The van der Waals surface area contributed by atoms with E-state index < -0.39 is 0 Å². The molecule has 6 nitrogen and oxygen atoms in total. The Morgan fingerprint density at radius 2 is 1.89 bits per heavy atom. The molecular weight excluding hydrogens is 342 g/mol. The predicted molar refractivity (Wildman–Crippen MR) is 102 cm³/mol. The van der Waals surface area contributed by atoms with E-state index in [0.29, 0.717) is 36.3 Å². The lowest BCUT2D eigenvalue weighted by atomic mass is 9.99. The molecule has 6 heteroatoms. The van der Waals surface area contributed by atoms with Crippen LogP contribution in [-0.2, 0) is 17.8 Å². The fraction of sp³-hybridized carbons (Fsp3) is 0.286. The van der Waals surface area contributed by atoms with Gasteiger partial charge in [-0.3, -0.25) is 14.4 Å². The highest BCUT2D eigenvalue weighted by Crippen LogP contribution is 2.20. The van der Waals surface area contributed by atoms with Crippen molar-refractivity contribution in [2.24, 2.45) is 0 Å². The average Bonchev–Trinajstić information content (AvgIpc) is 3.07. The van der Waals surface area contributed by atoms with E-state index >= 15 is 0 Å². The van der Waals surface area contributed by atoms with E-state index in [9.17, 15) is 14.4 Å². The van der Waals surface area contributed by atoms with Crippen LogP contribution in [0.4, 0.5) is 5.69 Å². The summed E-state index contributed by atoms with van der Waals surface area (Å²) in [6, 6.07) is 12.7. The number of hydrogen-bond acceptors (Lipinski definition) is 3. The highest BCUT2D eigenvalue weighted by Gasteiger charge is 2.20. The van der Waals surface area contributed by atoms with E-state index in [-0.39, 0.29) is 17.7 Å². The first-order valence-electron chi connectivity index (χ1n) is 9.19. The molecular formula is C21H21N3O3. The lowest BCUT2D eigenvalue weighted by Crippen LogP contribution is -2.31. The van der Waals surface area contributed by atoms with Crippen LogP contribution < -0.4 is 10.6 Å². The molecule has 2 aliphatic heterocycles. The molecule has 2 aromatic rings. The van der Waals surface area contributed by atoms with Crippen molar-refractivity contribution in [2.75, 3.05) is 18.4 Å². The van der Waals surface area contributed by atoms with Crippen LogP contribution in [0.2, 0.25) is 0 Å². The van der Waals surface area contributed by atoms with Crippen molar-refractivity contribution in [1.82, 2.24) is 10.2 Å². The van der Waals surface area contributed by atoms with E-state index in [0.717, 1.165) is 30.5 Å². The minimum absolute atomic E-state index is 0.104. The number of nitrogens with zero attached hydrogens (tertiary/aromatic N) is 1. The van der Waals surface area contributed by atoms with E-state index in [2.05, 4.69) is 10.6 Å². The molecule has 1 fully saturated rings. The summed E-state index contributed by atoms with van der Waals surface area (Å²) in [6.07, 6.45) is 2.34. The van der Waals surface area contributed by atoms with Crippen LogP contribution in [0.15, 0.2) is 42.5 Å². The number of rotatable bonds is 4. The number of hydrogen-bond donors (Lipinski definition) is 2. The van der Waals surface area contributed by atoms with Crippen LogP contribution in [0.1, 0.15) is 44.7 Å². The van der Waals surface area contributed by atoms with Crippen molar-refractivity contribution in [1.29, 1.82) is 0 Å². The molecule has 0 aromatic heterocycles. The van der Waals surface area contributed by atoms with E-state index in [1.165, 1.54) is 0 Å². The summed E-state index contributed by atoms with van der Waals surface area (Å²) in [6.45, 7) is 2.03. The number of benzene rings is 2. The van der Waals surface area contributed by atoms with Gasteiger partial charge >= 0.3 is 0 Å². The highest BCUT2D eigenvalue weighted by atomic mass is 16.2. The fourth-order valence-corrected chi connectivity index (χ4v) is 3.55. The van der Waals surface area contributed by atoms with E-state index in [1.54, 1.807) is 18.2 Å². The topological polar surface area (TPSA) is 78.5 Å². The number of nitrogens with one attached hydrogen (secondary N) is 2. The van der Waals surface area contributed by atoms with Gasteiger partial charge in [0.15, 0.2) is 0 Å². The summed E-state index contributed by atoms with van der Waals surface area (Å²) in [5.74, 6) is -0.142. The van der Waals surface area contributed by atoms with Crippen LogP contribution in [0, 0.1) is 0 Å². The zero-order valence-electron chi connectivity index (χ0n) is 15.0. The molecule has 4 rings (SSSR count). The van der Waals surface area contributed by atoms with E-state index in [4.69, 9.17) is 0 Å². The van der Waals surface area contributed by atoms with Crippen LogP contribution in [0.25, 0.3) is 0 Å². The standard InChI is InChI=1S/C21H21N3O3/c25-19-2-1-11-24(19)13-14-3-5-16(6-4-14)20(26)23-17-8-7-15-9-10-22-21(27)18(15)12-17/h3-8,12H,1-2,9-11,13H2,(H,22,27)(H,23,26). The molecule has 0 spiro atoms. The third-order valence-electron chi connectivity index (χ3n) is 5.05. The molecule has 27 heavy (non-hydrogen) atoms. The lowest BCUT2D eigenvalue weighted by molar-refractivity contribution is -0.128. The van der Waals surface area contributed by atoms with Gasteiger partial charge in [0.1, 0.15) is 0 Å². The van der Waals surface area contributed by atoms with Crippen molar-refractivity contribution in [2.45, 2.75) is 25.8 Å². The molecule has 0 aliphatic carbocycles. The summed E-state index contributed by atoms with van der Waals surface area (Å²) in [5, 5.41) is 5.65. The number of amides is 3. The van der Waals surface area contributed by atoms with Gasteiger partial charge in [0.05, 0.1) is 0 Å². The zero-order chi connectivity index (χ0) is 18.8. The summed E-state index contributed by atoms with van der Waals surface area (Å²) in [7, 11) is 0. The molecule has 3 amide bonds. The molecule has 2 N–H and O–H groups in total. The van der Waals surface area contributed by atoms with Gasteiger partial charge in [0.2, 0.25) is 5.91 Å². The molecule has 0 atom stereocenters. The average molecular weight is 363 g/mol. The van der Waals surface area contributed by atoms with Crippen LogP contribution in [-0.4, -0.2) is 35.7 Å². The maximum Gasteiger partial charge on any atom is 0.255 e. The van der Waals surface area contributed by atoms with Crippen LogP contribution in [0.3, 0.4) is 0 Å². The number of carbonyl (C=O) groups is 3.